The molecule has 3 atom stereocenters. The summed E-state index contributed by atoms with van der Waals surface area (Å²) < 4.78 is 0. The third-order valence-corrected chi connectivity index (χ3v) is 3.00. The molecule has 0 spiro atoms. The SMILES string of the molecule is CC(=O)N[C@@H](C(=O)NCC1CS1)[C@@H](C)O. The third-order valence-electron chi connectivity index (χ3n) is 2.03. The molecule has 5 nitrogen and oxygen atoms in total. The Balaban J connectivity index is 2.38. The number of carbonyl (C=O) groups is 2. The fourth-order valence-electron chi connectivity index (χ4n) is 1.13. The summed E-state index contributed by atoms with van der Waals surface area (Å²) in [6.45, 7) is 3.40. The summed E-state index contributed by atoms with van der Waals surface area (Å²) in [7, 11) is 0. The van der Waals surface area contributed by atoms with Crippen molar-refractivity contribution in [2.75, 3.05) is 12.3 Å². The van der Waals surface area contributed by atoms with Crippen LogP contribution in [0.5, 0.6) is 0 Å². The van der Waals surface area contributed by atoms with Gasteiger partial charge in [0.2, 0.25) is 11.8 Å². The van der Waals surface area contributed by atoms with Crippen LogP contribution in [0.2, 0.25) is 0 Å². The van der Waals surface area contributed by atoms with Gasteiger partial charge in [-0.3, -0.25) is 9.59 Å². The second kappa shape index (κ2) is 5.37. The molecule has 1 unspecified atom stereocenters. The van der Waals surface area contributed by atoms with Crippen LogP contribution in [-0.2, 0) is 9.59 Å². The Morgan fingerprint density at radius 3 is 2.60 bits per heavy atom. The van der Waals surface area contributed by atoms with Crippen molar-refractivity contribution < 1.29 is 14.7 Å². The molecule has 1 fully saturated rings. The molecule has 86 valence electrons. The molecule has 6 heteroatoms. The monoisotopic (exact) mass is 232 g/mol. The molecule has 1 saturated heterocycles. The van der Waals surface area contributed by atoms with Gasteiger partial charge in [-0.15, -0.1) is 0 Å². The van der Waals surface area contributed by atoms with Crippen LogP contribution in [0, 0.1) is 0 Å². The van der Waals surface area contributed by atoms with E-state index >= 15 is 0 Å². The first-order valence-corrected chi connectivity index (χ1v) is 5.90. The van der Waals surface area contributed by atoms with Gasteiger partial charge < -0.3 is 15.7 Å². The molecule has 1 heterocycles. The molecule has 0 bridgehead atoms. The lowest BCUT2D eigenvalue weighted by Crippen LogP contribution is -2.52. The molecule has 0 aliphatic carbocycles. The van der Waals surface area contributed by atoms with Gasteiger partial charge in [0.1, 0.15) is 6.04 Å². The fourth-order valence-corrected chi connectivity index (χ4v) is 1.59. The van der Waals surface area contributed by atoms with E-state index in [4.69, 9.17) is 0 Å². The van der Waals surface area contributed by atoms with E-state index in [1.807, 2.05) is 0 Å². The van der Waals surface area contributed by atoms with Gasteiger partial charge >= 0.3 is 0 Å². The van der Waals surface area contributed by atoms with Gasteiger partial charge in [0.05, 0.1) is 6.10 Å². The molecule has 3 N–H and O–H groups in total. The van der Waals surface area contributed by atoms with Gasteiger partial charge in [0.15, 0.2) is 0 Å². The molecular formula is C9H16N2O3S. The molecule has 0 aromatic carbocycles. The topological polar surface area (TPSA) is 78.4 Å². The number of aliphatic hydroxyl groups excluding tert-OH is 1. The highest BCUT2D eigenvalue weighted by molar-refractivity contribution is 8.06. The Morgan fingerprint density at radius 2 is 2.20 bits per heavy atom. The first-order valence-electron chi connectivity index (χ1n) is 4.85. The second-order valence-corrected chi connectivity index (χ2v) is 4.95. The smallest absolute Gasteiger partial charge is 0.245 e. The van der Waals surface area contributed by atoms with Gasteiger partial charge in [-0.1, -0.05) is 0 Å². The minimum Gasteiger partial charge on any atom is -0.391 e. The third kappa shape index (κ3) is 4.53. The van der Waals surface area contributed by atoms with Crippen molar-refractivity contribution in [1.29, 1.82) is 0 Å². The van der Waals surface area contributed by atoms with Crippen molar-refractivity contribution in [3.63, 3.8) is 0 Å². The maximum Gasteiger partial charge on any atom is 0.245 e. The molecule has 1 aliphatic heterocycles. The Labute approximate surface area is 93.0 Å². The summed E-state index contributed by atoms with van der Waals surface area (Å²) in [5.74, 6) is 0.421. The number of rotatable bonds is 5. The fraction of sp³-hybridized carbons (Fsp3) is 0.778. The molecule has 0 aromatic rings. The largest absolute Gasteiger partial charge is 0.391 e. The highest BCUT2D eigenvalue weighted by atomic mass is 32.2. The van der Waals surface area contributed by atoms with E-state index in [0.717, 1.165) is 5.75 Å². The predicted molar refractivity (Wildman–Crippen MR) is 58.5 cm³/mol. The second-order valence-electron chi connectivity index (χ2n) is 3.62. The van der Waals surface area contributed by atoms with Crippen molar-refractivity contribution in [2.24, 2.45) is 0 Å². The summed E-state index contributed by atoms with van der Waals surface area (Å²) in [4.78, 5) is 22.4. The number of carbonyl (C=O) groups excluding carboxylic acids is 2. The lowest BCUT2D eigenvalue weighted by atomic mass is 10.1. The molecule has 1 aliphatic rings. The van der Waals surface area contributed by atoms with E-state index in [9.17, 15) is 14.7 Å². The Kier molecular flexibility index (Phi) is 4.41. The predicted octanol–water partition coefficient (Wildman–Crippen LogP) is -0.896. The van der Waals surface area contributed by atoms with Crippen LogP contribution in [0.3, 0.4) is 0 Å². The van der Waals surface area contributed by atoms with Crippen LogP contribution in [0.15, 0.2) is 0 Å². The number of thioether (sulfide) groups is 1. The zero-order chi connectivity index (χ0) is 11.4. The maximum atomic E-state index is 11.6. The van der Waals surface area contributed by atoms with Gasteiger partial charge in [0.25, 0.3) is 0 Å². The highest BCUT2D eigenvalue weighted by Gasteiger charge is 2.27. The number of nitrogens with one attached hydrogen (secondary N) is 2. The van der Waals surface area contributed by atoms with Gasteiger partial charge in [-0.2, -0.15) is 11.8 Å². The van der Waals surface area contributed by atoms with Crippen molar-refractivity contribution in [3.8, 4) is 0 Å². The number of hydrogen-bond acceptors (Lipinski definition) is 4. The van der Waals surface area contributed by atoms with Crippen LogP contribution in [0.4, 0.5) is 0 Å². The number of hydrogen-bond donors (Lipinski definition) is 3. The van der Waals surface area contributed by atoms with E-state index in [-0.39, 0.29) is 11.8 Å². The standard InChI is InChI=1S/C9H16N2O3S/c1-5(12)8(11-6(2)13)9(14)10-3-7-4-15-7/h5,7-8,12H,3-4H2,1-2H3,(H,10,14)(H,11,13)/t5-,7?,8-/m1/s1. The normalized spacial score (nSPS) is 22.7. The van der Waals surface area contributed by atoms with E-state index < -0.39 is 12.1 Å². The van der Waals surface area contributed by atoms with Crippen LogP contribution in [-0.4, -0.2) is 46.6 Å². The molecule has 2 amide bonds. The van der Waals surface area contributed by atoms with Crippen LogP contribution in [0.1, 0.15) is 13.8 Å². The summed E-state index contributed by atoms with van der Waals surface area (Å²) >= 11 is 1.78. The van der Waals surface area contributed by atoms with E-state index in [1.54, 1.807) is 11.8 Å². The van der Waals surface area contributed by atoms with Crippen LogP contribution in [0.25, 0.3) is 0 Å². The first kappa shape index (κ1) is 12.3. The Bertz CT molecular complexity index is 254. The quantitative estimate of drug-likeness (QED) is 0.537. The molecular weight excluding hydrogens is 216 g/mol. The van der Waals surface area contributed by atoms with E-state index in [0.29, 0.717) is 11.8 Å². The average molecular weight is 232 g/mol. The minimum absolute atomic E-state index is 0.322. The lowest BCUT2D eigenvalue weighted by Gasteiger charge is -2.19. The summed E-state index contributed by atoms with van der Waals surface area (Å²) in [5.41, 5.74) is 0. The number of aliphatic hydroxyl groups is 1. The molecule has 15 heavy (non-hydrogen) atoms. The lowest BCUT2D eigenvalue weighted by molar-refractivity contribution is -0.130. The average Bonchev–Trinajstić information content (AvgIpc) is 2.93. The van der Waals surface area contributed by atoms with Crippen molar-refractivity contribution in [1.82, 2.24) is 10.6 Å². The zero-order valence-corrected chi connectivity index (χ0v) is 9.63. The highest BCUT2D eigenvalue weighted by Crippen LogP contribution is 2.28. The zero-order valence-electron chi connectivity index (χ0n) is 8.82. The van der Waals surface area contributed by atoms with Gasteiger partial charge in [-0.05, 0) is 6.92 Å². The van der Waals surface area contributed by atoms with Crippen molar-refractivity contribution in [3.05, 3.63) is 0 Å². The molecule has 0 saturated carbocycles. The minimum atomic E-state index is -0.888. The molecule has 0 aromatic heterocycles. The number of amides is 2. The van der Waals surface area contributed by atoms with E-state index in [2.05, 4.69) is 10.6 Å². The Morgan fingerprint density at radius 1 is 1.60 bits per heavy atom. The summed E-state index contributed by atoms with van der Waals surface area (Å²) in [6.07, 6.45) is -0.888. The summed E-state index contributed by atoms with van der Waals surface area (Å²) in [5, 5.41) is 14.9. The summed E-state index contributed by atoms with van der Waals surface area (Å²) in [6, 6.07) is -0.855. The molecule has 1 rings (SSSR count). The maximum absolute atomic E-state index is 11.6. The van der Waals surface area contributed by atoms with Crippen molar-refractivity contribution >= 4 is 23.6 Å². The Hall–Kier alpha value is -0.750. The van der Waals surface area contributed by atoms with Crippen LogP contribution < -0.4 is 10.6 Å². The van der Waals surface area contributed by atoms with E-state index in [1.165, 1.54) is 13.8 Å². The van der Waals surface area contributed by atoms with Crippen molar-refractivity contribution in [2.45, 2.75) is 31.2 Å². The van der Waals surface area contributed by atoms with Gasteiger partial charge in [-0.25, -0.2) is 0 Å². The first-order chi connectivity index (χ1) is 7.00. The van der Waals surface area contributed by atoms with Crippen LogP contribution >= 0.6 is 11.8 Å². The van der Waals surface area contributed by atoms with Gasteiger partial charge in [0, 0.05) is 24.5 Å². The molecule has 0 radical (unpaired) electrons.